The first-order valence-electron chi connectivity index (χ1n) is 3.39. The summed E-state index contributed by atoms with van der Waals surface area (Å²) in [7, 11) is -4.67. The predicted octanol–water partition coefficient (Wildman–Crippen LogP) is 1.17. The minimum Gasteiger partial charge on any atom is -0.716 e. The summed E-state index contributed by atoms with van der Waals surface area (Å²) in [4.78, 5) is 0. The second-order valence-corrected chi connectivity index (χ2v) is 3.25. The van der Waals surface area contributed by atoms with Crippen molar-refractivity contribution < 1.29 is 17.2 Å². The summed E-state index contributed by atoms with van der Waals surface area (Å²) in [6.07, 6.45) is 1.59. The first-order chi connectivity index (χ1) is 6.01. The van der Waals surface area contributed by atoms with E-state index in [2.05, 4.69) is 10.8 Å². The lowest BCUT2D eigenvalue weighted by atomic mass is 10.2. The molecule has 13 heavy (non-hydrogen) atoms. The van der Waals surface area contributed by atoms with E-state index in [1.54, 1.807) is 18.2 Å². The van der Waals surface area contributed by atoms with Crippen molar-refractivity contribution in [2.45, 2.75) is 0 Å². The van der Waals surface area contributed by atoms with Gasteiger partial charge in [0, 0.05) is 0 Å². The van der Waals surface area contributed by atoms with Crippen LogP contribution in [0.25, 0.3) is 6.08 Å². The second-order valence-electron chi connectivity index (χ2n) is 2.26. The van der Waals surface area contributed by atoms with Gasteiger partial charge in [-0.15, -0.1) is 0 Å². The molecule has 0 aromatic heterocycles. The molecule has 0 radical (unpaired) electrons. The molecule has 4 nitrogen and oxygen atoms in total. The van der Waals surface area contributed by atoms with Gasteiger partial charge in [0.1, 0.15) is 5.75 Å². The van der Waals surface area contributed by atoms with Gasteiger partial charge in [0.05, 0.1) is 0 Å². The van der Waals surface area contributed by atoms with Crippen LogP contribution in [0.5, 0.6) is 5.75 Å². The molecule has 0 amide bonds. The molecule has 0 atom stereocenters. The summed E-state index contributed by atoms with van der Waals surface area (Å²) >= 11 is 0. The number of benzene rings is 1. The minimum atomic E-state index is -4.67. The van der Waals surface area contributed by atoms with Gasteiger partial charge in [-0.1, -0.05) is 24.8 Å². The molecule has 0 aliphatic carbocycles. The van der Waals surface area contributed by atoms with Crippen molar-refractivity contribution in [2.75, 3.05) is 0 Å². The van der Waals surface area contributed by atoms with E-state index in [0.29, 0.717) is 0 Å². The van der Waals surface area contributed by atoms with Gasteiger partial charge in [0.25, 0.3) is 10.4 Å². The van der Waals surface area contributed by atoms with E-state index in [4.69, 9.17) is 0 Å². The summed E-state index contributed by atoms with van der Waals surface area (Å²) in [6.45, 7) is 3.51. The molecule has 0 heterocycles. The fraction of sp³-hybridized carbons (Fsp3) is 0. The van der Waals surface area contributed by atoms with E-state index in [9.17, 15) is 13.0 Å². The van der Waals surface area contributed by atoms with Crippen molar-refractivity contribution in [3.63, 3.8) is 0 Å². The van der Waals surface area contributed by atoms with Crippen LogP contribution in [0.15, 0.2) is 30.8 Å². The highest BCUT2D eigenvalue weighted by molar-refractivity contribution is 7.81. The normalized spacial score (nSPS) is 10.8. The van der Waals surface area contributed by atoms with E-state index in [-0.39, 0.29) is 5.75 Å². The molecule has 0 aliphatic rings. The highest BCUT2D eigenvalue weighted by atomic mass is 32.3. The molecule has 0 spiro atoms. The summed E-state index contributed by atoms with van der Waals surface area (Å²) in [5, 5.41) is 0. The van der Waals surface area contributed by atoms with Crippen LogP contribution in [-0.2, 0) is 10.4 Å². The fourth-order valence-corrected chi connectivity index (χ4v) is 1.12. The molecule has 70 valence electrons. The summed E-state index contributed by atoms with van der Waals surface area (Å²) in [5.41, 5.74) is 0.815. The van der Waals surface area contributed by atoms with Crippen LogP contribution < -0.4 is 4.18 Å². The third-order valence-corrected chi connectivity index (χ3v) is 1.71. The van der Waals surface area contributed by atoms with Crippen LogP contribution in [0.3, 0.4) is 0 Å². The summed E-state index contributed by atoms with van der Waals surface area (Å²) in [5.74, 6) is 0.000556. The zero-order valence-electron chi connectivity index (χ0n) is 6.64. The van der Waals surface area contributed by atoms with Gasteiger partial charge in [-0.25, -0.2) is 8.42 Å². The molecule has 1 aromatic carbocycles. The van der Waals surface area contributed by atoms with E-state index < -0.39 is 10.4 Å². The van der Waals surface area contributed by atoms with Gasteiger partial charge in [0.15, 0.2) is 0 Å². The Morgan fingerprint density at radius 2 is 1.85 bits per heavy atom. The van der Waals surface area contributed by atoms with Crippen molar-refractivity contribution in [1.82, 2.24) is 0 Å². The zero-order valence-corrected chi connectivity index (χ0v) is 7.45. The van der Waals surface area contributed by atoms with Gasteiger partial charge in [-0.05, 0) is 17.7 Å². The van der Waals surface area contributed by atoms with Gasteiger partial charge in [0.2, 0.25) is 0 Å². The molecule has 1 rings (SSSR count). The first kappa shape index (κ1) is 9.76. The molecule has 0 saturated heterocycles. The van der Waals surface area contributed by atoms with Gasteiger partial charge < -0.3 is 8.74 Å². The molecule has 0 N–H and O–H groups in total. The molecule has 1 aromatic rings. The lowest BCUT2D eigenvalue weighted by Crippen LogP contribution is -2.06. The average molecular weight is 199 g/mol. The molecular weight excluding hydrogens is 192 g/mol. The Balaban J connectivity index is 2.87. The molecule has 0 unspecified atom stereocenters. The summed E-state index contributed by atoms with van der Waals surface area (Å²) < 4.78 is 34.6. The largest absolute Gasteiger partial charge is 0.716 e. The number of hydrogen-bond acceptors (Lipinski definition) is 4. The Morgan fingerprint density at radius 1 is 1.31 bits per heavy atom. The molecular formula is C8H7O4S-. The molecule has 5 heteroatoms. The Hall–Kier alpha value is -1.33. The maximum atomic E-state index is 10.2. The third kappa shape index (κ3) is 3.27. The smallest absolute Gasteiger partial charge is 0.262 e. The lowest BCUT2D eigenvalue weighted by molar-refractivity contribution is 0.372. The number of rotatable bonds is 3. The standard InChI is InChI=1S/C8H8O4S/c1-2-7-3-5-8(6-4-7)12-13(9,10)11/h2-6H,1H2,(H,9,10,11)/p-1. The Kier molecular flexibility index (Phi) is 2.69. The van der Waals surface area contributed by atoms with E-state index in [1.165, 1.54) is 12.1 Å². The van der Waals surface area contributed by atoms with Crippen molar-refractivity contribution >= 4 is 16.5 Å². The first-order valence-corrected chi connectivity index (χ1v) is 4.72. The second kappa shape index (κ2) is 3.59. The maximum absolute atomic E-state index is 10.2. The SMILES string of the molecule is C=Cc1ccc(OS(=O)(=O)[O-])cc1. The van der Waals surface area contributed by atoms with Crippen LogP contribution >= 0.6 is 0 Å². The van der Waals surface area contributed by atoms with E-state index in [0.717, 1.165) is 5.56 Å². The van der Waals surface area contributed by atoms with Crippen molar-refractivity contribution in [3.05, 3.63) is 36.4 Å². The lowest BCUT2D eigenvalue weighted by Gasteiger charge is -2.08. The third-order valence-electron chi connectivity index (χ3n) is 1.31. The van der Waals surface area contributed by atoms with Crippen LogP contribution in [0.4, 0.5) is 0 Å². The van der Waals surface area contributed by atoms with E-state index >= 15 is 0 Å². The van der Waals surface area contributed by atoms with Crippen LogP contribution in [0.2, 0.25) is 0 Å². The Bertz CT molecular complexity index is 391. The molecule has 0 saturated carbocycles. The van der Waals surface area contributed by atoms with E-state index in [1.807, 2.05) is 0 Å². The van der Waals surface area contributed by atoms with Gasteiger partial charge in [-0.3, -0.25) is 0 Å². The van der Waals surface area contributed by atoms with Crippen molar-refractivity contribution in [2.24, 2.45) is 0 Å². The van der Waals surface area contributed by atoms with Gasteiger partial charge >= 0.3 is 0 Å². The van der Waals surface area contributed by atoms with Crippen LogP contribution in [0, 0.1) is 0 Å². The molecule has 0 bridgehead atoms. The highest BCUT2D eigenvalue weighted by Crippen LogP contribution is 2.13. The minimum absolute atomic E-state index is 0.000556. The number of hydrogen-bond donors (Lipinski definition) is 0. The fourth-order valence-electron chi connectivity index (χ4n) is 0.777. The topological polar surface area (TPSA) is 66.4 Å². The predicted molar refractivity (Wildman–Crippen MR) is 46.9 cm³/mol. The van der Waals surface area contributed by atoms with Crippen molar-refractivity contribution in [1.29, 1.82) is 0 Å². The monoisotopic (exact) mass is 199 g/mol. The maximum Gasteiger partial charge on any atom is 0.262 e. The van der Waals surface area contributed by atoms with Crippen molar-refractivity contribution in [3.8, 4) is 5.75 Å². The average Bonchev–Trinajstić information content (AvgIpc) is 2.03. The van der Waals surface area contributed by atoms with Crippen LogP contribution in [-0.4, -0.2) is 13.0 Å². The van der Waals surface area contributed by atoms with Crippen LogP contribution in [0.1, 0.15) is 5.56 Å². The van der Waals surface area contributed by atoms with Gasteiger partial charge in [-0.2, -0.15) is 0 Å². The quantitative estimate of drug-likeness (QED) is 0.541. The zero-order chi connectivity index (χ0) is 9.90. The highest BCUT2D eigenvalue weighted by Gasteiger charge is 1.97. The Morgan fingerprint density at radius 3 is 2.23 bits per heavy atom. The molecule has 0 aliphatic heterocycles. The Labute approximate surface area is 76.4 Å². The summed E-state index contributed by atoms with van der Waals surface area (Å²) in [6, 6.07) is 5.94. The molecule has 0 fully saturated rings.